The van der Waals surface area contributed by atoms with Crippen LogP contribution in [0.25, 0.3) is 0 Å². The van der Waals surface area contributed by atoms with Crippen LogP contribution in [0, 0.1) is 0 Å². The quantitative estimate of drug-likeness (QED) is 0.850. The molecule has 6 heteroatoms. The van der Waals surface area contributed by atoms with Gasteiger partial charge in [0.1, 0.15) is 0 Å². The second-order valence-corrected chi connectivity index (χ2v) is 6.43. The molecule has 0 radical (unpaired) electrons. The zero-order valence-electron chi connectivity index (χ0n) is 11.9. The van der Waals surface area contributed by atoms with E-state index < -0.39 is 0 Å². The van der Waals surface area contributed by atoms with E-state index in [0.717, 1.165) is 30.8 Å². The highest BCUT2D eigenvalue weighted by Gasteiger charge is 2.19. The van der Waals surface area contributed by atoms with Crippen LogP contribution < -0.4 is 11.1 Å². The molecule has 21 heavy (non-hydrogen) atoms. The van der Waals surface area contributed by atoms with Crippen molar-refractivity contribution < 1.29 is 4.79 Å². The first kappa shape index (κ1) is 14.0. The van der Waals surface area contributed by atoms with Crippen LogP contribution in [0.4, 0.5) is 10.8 Å². The number of likely N-dealkylation sites (N-methyl/N-ethyl adjacent to an activating group) is 1. The number of fused-ring (bicyclic) bond motifs is 1. The number of nitrogen functional groups attached to an aromatic ring is 1. The summed E-state index contributed by atoms with van der Waals surface area (Å²) in [5, 5.41) is 3.60. The standard InChI is InChI=1S/C15H18N4OS/c1-19-7-6-12-13(9-19)21-15(17-12)18-14(20)8-10-2-4-11(16)5-3-10/h2-5H,6-9,16H2,1H3,(H,17,18,20). The second kappa shape index (κ2) is 5.83. The average molecular weight is 302 g/mol. The fraction of sp³-hybridized carbons (Fsp3) is 0.333. The Hall–Kier alpha value is -1.92. The summed E-state index contributed by atoms with van der Waals surface area (Å²) in [7, 11) is 2.10. The summed E-state index contributed by atoms with van der Waals surface area (Å²) < 4.78 is 0. The number of hydrogen-bond donors (Lipinski definition) is 2. The Morgan fingerprint density at radius 2 is 2.19 bits per heavy atom. The van der Waals surface area contributed by atoms with Gasteiger partial charge in [-0.25, -0.2) is 4.98 Å². The van der Waals surface area contributed by atoms with Gasteiger partial charge in [-0.05, 0) is 24.7 Å². The van der Waals surface area contributed by atoms with Gasteiger partial charge in [-0.3, -0.25) is 4.79 Å². The Bertz CT molecular complexity index is 650. The van der Waals surface area contributed by atoms with Crippen LogP contribution in [-0.2, 0) is 24.2 Å². The summed E-state index contributed by atoms with van der Waals surface area (Å²) >= 11 is 1.58. The lowest BCUT2D eigenvalue weighted by Crippen LogP contribution is -2.25. The molecule has 1 amide bonds. The molecule has 0 fully saturated rings. The van der Waals surface area contributed by atoms with E-state index >= 15 is 0 Å². The number of nitrogens with zero attached hydrogens (tertiary/aromatic N) is 2. The molecule has 0 unspecified atom stereocenters. The monoisotopic (exact) mass is 302 g/mol. The van der Waals surface area contributed by atoms with Gasteiger partial charge >= 0.3 is 0 Å². The lowest BCUT2D eigenvalue weighted by molar-refractivity contribution is -0.115. The molecule has 0 aliphatic carbocycles. The van der Waals surface area contributed by atoms with Crippen molar-refractivity contribution in [1.29, 1.82) is 0 Å². The Morgan fingerprint density at radius 3 is 2.95 bits per heavy atom. The molecule has 0 bridgehead atoms. The molecule has 0 atom stereocenters. The lowest BCUT2D eigenvalue weighted by Gasteiger charge is -2.20. The molecule has 3 rings (SSSR count). The van der Waals surface area contributed by atoms with Gasteiger partial charge in [0.2, 0.25) is 5.91 Å². The Kier molecular flexibility index (Phi) is 3.90. The SMILES string of the molecule is CN1CCc2nc(NC(=O)Cc3ccc(N)cc3)sc2C1. The molecular formula is C15H18N4OS. The topological polar surface area (TPSA) is 71.2 Å². The molecule has 1 aromatic carbocycles. The number of benzene rings is 1. The van der Waals surface area contributed by atoms with Gasteiger partial charge in [-0.15, -0.1) is 11.3 Å². The maximum Gasteiger partial charge on any atom is 0.230 e. The predicted octanol–water partition coefficient (Wildman–Crippen LogP) is 1.89. The van der Waals surface area contributed by atoms with Crippen LogP contribution >= 0.6 is 11.3 Å². The van der Waals surface area contributed by atoms with Crippen molar-refractivity contribution in [3.05, 3.63) is 40.4 Å². The molecule has 1 aliphatic heterocycles. The molecule has 110 valence electrons. The summed E-state index contributed by atoms with van der Waals surface area (Å²) in [5.74, 6) is -0.0424. The van der Waals surface area contributed by atoms with Crippen molar-refractivity contribution in [3.63, 3.8) is 0 Å². The molecule has 2 aromatic rings. The van der Waals surface area contributed by atoms with Gasteiger partial charge in [0, 0.05) is 30.1 Å². The number of anilines is 2. The maximum absolute atomic E-state index is 12.1. The number of thiazole rings is 1. The van der Waals surface area contributed by atoms with E-state index in [1.807, 2.05) is 12.1 Å². The number of nitrogens with two attached hydrogens (primary N) is 1. The van der Waals surface area contributed by atoms with Crippen LogP contribution in [0.3, 0.4) is 0 Å². The van der Waals surface area contributed by atoms with E-state index in [9.17, 15) is 4.79 Å². The summed E-state index contributed by atoms with van der Waals surface area (Å²) in [6.07, 6.45) is 1.29. The van der Waals surface area contributed by atoms with Crippen molar-refractivity contribution in [2.75, 3.05) is 24.6 Å². The fourth-order valence-corrected chi connectivity index (χ4v) is 3.47. The van der Waals surface area contributed by atoms with Crippen LogP contribution in [0.2, 0.25) is 0 Å². The van der Waals surface area contributed by atoms with E-state index in [1.54, 1.807) is 23.5 Å². The highest BCUT2D eigenvalue weighted by atomic mass is 32.1. The number of rotatable bonds is 3. The first-order chi connectivity index (χ1) is 10.1. The molecular weight excluding hydrogens is 284 g/mol. The van der Waals surface area contributed by atoms with E-state index in [2.05, 4.69) is 22.2 Å². The summed E-state index contributed by atoms with van der Waals surface area (Å²) in [4.78, 5) is 20.1. The van der Waals surface area contributed by atoms with Crippen molar-refractivity contribution in [3.8, 4) is 0 Å². The summed E-state index contributed by atoms with van der Waals surface area (Å²) in [5.41, 5.74) is 8.41. The molecule has 1 aliphatic rings. The molecule has 0 saturated carbocycles. The minimum atomic E-state index is -0.0424. The first-order valence-corrected chi connectivity index (χ1v) is 7.73. The number of aromatic nitrogens is 1. The summed E-state index contributed by atoms with van der Waals surface area (Å²) in [6, 6.07) is 7.36. The molecule has 2 heterocycles. The molecule has 3 N–H and O–H groups in total. The highest BCUT2D eigenvalue weighted by molar-refractivity contribution is 7.15. The van der Waals surface area contributed by atoms with Gasteiger partial charge in [-0.2, -0.15) is 0 Å². The second-order valence-electron chi connectivity index (χ2n) is 5.34. The lowest BCUT2D eigenvalue weighted by atomic mass is 10.1. The third-order valence-corrected chi connectivity index (χ3v) is 4.51. The maximum atomic E-state index is 12.1. The smallest absolute Gasteiger partial charge is 0.230 e. The van der Waals surface area contributed by atoms with E-state index in [0.29, 0.717) is 17.2 Å². The first-order valence-electron chi connectivity index (χ1n) is 6.91. The Balaban J connectivity index is 1.64. The van der Waals surface area contributed by atoms with Gasteiger partial charge in [0.05, 0.1) is 12.1 Å². The molecule has 0 spiro atoms. The predicted molar refractivity (Wildman–Crippen MR) is 85.3 cm³/mol. The van der Waals surface area contributed by atoms with Crippen molar-refractivity contribution in [1.82, 2.24) is 9.88 Å². The van der Waals surface area contributed by atoms with Crippen LogP contribution in [0.5, 0.6) is 0 Å². The minimum Gasteiger partial charge on any atom is -0.399 e. The third-order valence-electron chi connectivity index (χ3n) is 3.51. The van der Waals surface area contributed by atoms with Gasteiger partial charge in [-0.1, -0.05) is 12.1 Å². The highest BCUT2D eigenvalue weighted by Crippen LogP contribution is 2.27. The van der Waals surface area contributed by atoms with Crippen molar-refractivity contribution in [2.45, 2.75) is 19.4 Å². The number of hydrogen-bond acceptors (Lipinski definition) is 5. The van der Waals surface area contributed by atoms with E-state index in [1.165, 1.54) is 4.88 Å². The van der Waals surface area contributed by atoms with Gasteiger partial charge in [0.25, 0.3) is 0 Å². The van der Waals surface area contributed by atoms with Gasteiger partial charge in [0.15, 0.2) is 5.13 Å². The van der Waals surface area contributed by atoms with E-state index in [-0.39, 0.29) is 5.91 Å². The van der Waals surface area contributed by atoms with E-state index in [4.69, 9.17) is 5.73 Å². The average Bonchev–Trinajstić information content (AvgIpc) is 2.82. The summed E-state index contributed by atoms with van der Waals surface area (Å²) in [6.45, 7) is 1.94. The molecule has 5 nitrogen and oxygen atoms in total. The van der Waals surface area contributed by atoms with Crippen LogP contribution in [-0.4, -0.2) is 29.4 Å². The number of amides is 1. The fourth-order valence-electron chi connectivity index (χ4n) is 2.36. The molecule has 1 aromatic heterocycles. The number of carbonyl (C=O) groups excluding carboxylic acids is 1. The minimum absolute atomic E-state index is 0.0424. The molecule has 0 saturated heterocycles. The number of carbonyl (C=O) groups is 1. The Morgan fingerprint density at radius 1 is 1.43 bits per heavy atom. The largest absolute Gasteiger partial charge is 0.399 e. The third kappa shape index (κ3) is 3.40. The van der Waals surface area contributed by atoms with Crippen molar-refractivity contribution >= 4 is 28.1 Å². The zero-order valence-corrected chi connectivity index (χ0v) is 12.7. The zero-order chi connectivity index (χ0) is 14.8. The normalized spacial score (nSPS) is 14.7. The van der Waals surface area contributed by atoms with Crippen LogP contribution in [0.15, 0.2) is 24.3 Å². The van der Waals surface area contributed by atoms with Crippen molar-refractivity contribution in [2.24, 2.45) is 0 Å². The van der Waals surface area contributed by atoms with Crippen LogP contribution in [0.1, 0.15) is 16.1 Å². The Labute approximate surface area is 127 Å². The number of nitrogens with one attached hydrogen (secondary N) is 1. The van der Waals surface area contributed by atoms with Gasteiger partial charge < -0.3 is 16.0 Å².